The summed E-state index contributed by atoms with van der Waals surface area (Å²) in [6.07, 6.45) is 19.1. The summed E-state index contributed by atoms with van der Waals surface area (Å²) in [4.78, 5) is 44.3. The summed E-state index contributed by atoms with van der Waals surface area (Å²) in [7, 11) is 0. The fraction of sp³-hybridized carbons (Fsp3) is 0.846. The highest BCUT2D eigenvalue weighted by Crippen LogP contribution is 2.13. The Morgan fingerprint density at radius 2 is 0.576 bits per heavy atom. The van der Waals surface area contributed by atoms with Crippen molar-refractivity contribution in [2.45, 2.75) is 141 Å². The van der Waals surface area contributed by atoms with Crippen molar-refractivity contribution in [3.05, 3.63) is 0 Å². The number of unbranched alkanes of at least 4 members (excludes halogenated alkanes) is 16. The summed E-state index contributed by atoms with van der Waals surface area (Å²) in [5, 5.41) is 17.1. The smallest absolute Gasteiger partial charge is 0.313 e. The van der Waals surface area contributed by atoms with Gasteiger partial charge >= 0.3 is 23.9 Å². The molecule has 0 radical (unpaired) electrons. The molecule has 7 nitrogen and oxygen atoms in total. The van der Waals surface area contributed by atoms with Gasteiger partial charge in [0.15, 0.2) is 0 Å². The fourth-order valence-electron chi connectivity index (χ4n) is 3.80. The molecule has 0 spiro atoms. The quantitative estimate of drug-likeness (QED) is 0.0903. The molecule has 0 atom stereocenters. The lowest BCUT2D eigenvalue weighted by Gasteiger charge is -2.04. The van der Waals surface area contributed by atoms with Crippen molar-refractivity contribution >= 4 is 23.9 Å². The second-order valence-corrected chi connectivity index (χ2v) is 9.00. The SMILES string of the molecule is O=C(O)CCCCCCCCCCCC(=O)OC(=O)CCCCCCCCCCCC(=O)O. The minimum Gasteiger partial charge on any atom is -0.481 e. The molecule has 0 saturated heterocycles. The molecule has 0 rings (SSSR count). The van der Waals surface area contributed by atoms with E-state index in [1.165, 1.54) is 0 Å². The molecule has 33 heavy (non-hydrogen) atoms. The lowest BCUT2D eigenvalue weighted by molar-refractivity contribution is -0.159. The summed E-state index contributed by atoms with van der Waals surface area (Å²) < 4.78 is 4.89. The van der Waals surface area contributed by atoms with E-state index in [0.717, 1.165) is 116 Å². The standard InChI is InChI=1S/C26H46O7/c27-23(28)19-15-11-7-3-1-5-9-13-17-21-25(31)33-26(32)22-18-14-10-6-2-4-8-12-16-20-24(29)30/h1-22H2,(H,27,28)(H,29,30). The Bertz CT molecular complexity index is 485. The van der Waals surface area contributed by atoms with Crippen LogP contribution in [0.25, 0.3) is 0 Å². The van der Waals surface area contributed by atoms with Crippen LogP contribution in [0.2, 0.25) is 0 Å². The zero-order valence-electron chi connectivity index (χ0n) is 20.5. The first-order chi connectivity index (χ1) is 15.9. The van der Waals surface area contributed by atoms with Crippen LogP contribution in [0.5, 0.6) is 0 Å². The van der Waals surface area contributed by atoms with E-state index in [1.54, 1.807) is 0 Å². The second-order valence-electron chi connectivity index (χ2n) is 9.00. The number of carboxylic acid groups (broad SMARTS) is 2. The van der Waals surface area contributed by atoms with Gasteiger partial charge in [-0.1, -0.05) is 89.9 Å². The van der Waals surface area contributed by atoms with Gasteiger partial charge in [-0.05, 0) is 25.7 Å². The Morgan fingerprint density at radius 1 is 0.364 bits per heavy atom. The number of rotatable bonds is 24. The highest BCUT2D eigenvalue weighted by molar-refractivity contribution is 5.85. The first kappa shape index (κ1) is 31.1. The third-order valence-corrected chi connectivity index (χ3v) is 5.77. The van der Waals surface area contributed by atoms with E-state index in [2.05, 4.69) is 0 Å². The van der Waals surface area contributed by atoms with Gasteiger partial charge in [-0.3, -0.25) is 19.2 Å². The van der Waals surface area contributed by atoms with Crippen molar-refractivity contribution in [3.8, 4) is 0 Å². The van der Waals surface area contributed by atoms with Gasteiger partial charge in [-0.2, -0.15) is 0 Å². The first-order valence-electron chi connectivity index (χ1n) is 13.1. The number of aliphatic carboxylic acids is 2. The Kier molecular flexibility index (Phi) is 21.9. The van der Waals surface area contributed by atoms with Crippen LogP contribution in [-0.2, 0) is 23.9 Å². The number of carbonyl (C=O) groups is 4. The zero-order valence-corrected chi connectivity index (χ0v) is 20.5. The van der Waals surface area contributed by atoms with Crippen LogP contribution in [0, 0.1) is 0 Å². The molecule has 0 fully saturated rings. The third-order valence-electron chi connectivity index (χ3n) is 5.77. The van der Waals surface area contributed by atoms with Crippen molar-refractivity contribution in [1.82, 2.24) is 0 Å². The minimum absolute atomic E-state index is 0.262. The van der Waals surface area contributed by atoms with Crippen molar-refractivity contribution in [1.29, 1.82) is 0 Å². The number of carbonyl (C=O) groups excluding carboxylic acids is 2. The van der Waals surface area contributed by atoms with E-state index in [9.17, 15) is 19.2 Å². The molecule has 0 saturated carbocycles. The molecular formula is C26H46O7. The highest BCUT2D eigenvalue weighted by atomic mass is 16.6. The molecule has 0 aliphatic rings. The Hall–Kier alpha value is -1.92. The Morgan fingerprint density at radius 3 is 0.818 bits per heavy atom. The molecule has 192 valence electrons. The number of esters is 2. The van der Waals surface area contributed by atoms with Crippen molar-refractivity contribution in [2.75, 3.05) is 0 Å². The molecule has 0 bridgehead atoms. The summed E-state index contributed by atoms with van der Waals surface area (Å²) in [6, 6.07) is 0. The topological polar surface area (TPSA) is 118 Å². The van der Waals surface area contributed by atoms with Crippen LogP contribution in [0.3, 0.4) is 0 Å². The van der Waals surface area contributed by atoms with Gasteiger partial charge in [0.05, 0.1) is 0 Å². The maximum absolute atomic E-state index is 11.7. The van der Waals surface area contributed by atoms with Gasteiger partial charge in [0, 0.05) is 25.7 Å². The van der Waals surface area contributed by atoms with Crippen LogP contribution < -0.4 is 0 Å². The first-order valence-corrected chi connectivity index (χ1v) is 13.1. The average Bonchev–Trinajstić information content (AvgIpc) is 2.75. The molecule has 7 heteroatoms. The molecule has 0 heterocycles. The van der Waals surface area contributed by atoms with Gasteiger partial charge in [-0.15, -0.1) is 0 Å². The van der Waals surface area contributed by atoms with Gasteiger partial charge in [0.1, 0.15) is 0 Å². The monoisotopic (exact) mass is 470 g/mol. The fourth-order valence-corrected chi connectivity index (χ4v) is 3.80. The zero-order chi connectivity index (χ0) is 24.6. The van der Waals surface area contributed by atoms with Gasteiger partial charge < -0.3 is 14.9 Å². The van der Waals surface area contributed by atoms with Gasteiger partial charge in [0.2, 0.25) is 0 Å². The van der Waals surface area contributed by atoms with Crippen molar-refractivity contribution < 1.29 is 34.1 Å². The molecular weight excluding hydrogens is 424 g/mol. The molecule has 0 aromatic heterocycles. The highest BCUT2D eigenvalue weighted by Gasteiger charge is 2.10. The van der Waals surface area contributed by atoms with Gasteiger partial charge in [-0.25, -0.2) is 0 Å². The lowest BCUT2D eigenvalue weighted by atomic mass is 10.1. The molecule has 0 aromatic carbocycles. The van der Waals surface area contributed by atoms with Crippen LogP contribution in [0.15, 0.2) is 0 Å². The molecule has 0 aliphatic heterocycles. The van der Waals surface area contributed by atoms with Crippen molar-refractivity contribution in [2.24, 2.45) is 0 Å². The molecule has 2 N–H and O–H groups in total. The molecule has 0 unspecified atom stereocenters. The maximum atomic E-state index is 11.7. The Labute approximate surface area is 199 Å². The van der Waals surface area contributed by atoms with E-state index in [0.29, 0.717) is 12.8 Å². The number of ether oxygens (including phenoxy) is 1. The predicted octanol–water partition coefficient (Wildman–Crippen LogP) is 6.81. The van der Waals surface area contributed by atoms with Crippen LogP contribution >= 0.6 is 0 Å². The summed E-state index contributed by atoms with van der Waals surface area (Å²) in [5.41, 5.74) is 0. The van der Waals surface area contributed by atoms with Crippen LogP contribution in [-0.4, -0.2) is 34.1 Å². The van der Waals surface area contributed by atoms with Crippen LogP contribution in [0.4, 0.5) is 0 Å². The van der Waals surface area contributed by atoms with E-state index >= 15 is 0 Å². The van der Waals surface area contributed by atoms with E-state index < -0.39 is 23.9 Å². The number of hydrogen-bond donors (Lipinski definition) is 2. The average molecular weight is 471 g/mol. The third kappa shape index (κ3) is 26.2. The van der Waals surface area contributed by atoms with Gasteiger partial charge in [0.25, 0.3) is 0 Å². The predicted molar refractivity (Wildman–Crippen MR) is 128 cm³/mol. The summed E-state index contributed by atoms with van der Waals surface area (Å²) in [5.74, 6) is -2.27. The largest absolute Gasteiger partial charge is 0.481 e. The lowest BCUT2D eigenvalue weighted by Crippen LogP contribution is -2.11. The second kappa shape index (κ2) is 23.2. The summed E-state index contributed by atoms with van der Waals surface area (Å²) in [6.45, 7) is 0. The van der Waals surface area contributed by atoms with E-state index in [4.69, 9.17) is 14.9 Å². The number of carboxylic acids is 2. The number of hydrogen-bond acceptors (Lipinski definition) is 5. The molecule has 0 aromatic rings. The summed E-state index contributed by atoms with van der Waals surface area (Å²) >= 11 is 0. The molecule has 0 amide bonds. The van der Waals surface area contributed by atoms with Crippen molar-refractivity contribution in [3.63, 3.8) is 0 Å². The van der Waals surface area contributed by atoms with E-state index in [-0.39, 0.29) is 12.8 Å². The minimum atomic E-state index is -0.721. The Balaban J connectivity index is 3.34. The maximum Gasteiger partial charge on any atom is 0.313 e. The van der Waals surface area contributed by atoms with E-state index in [1.807, 2.05) is 0 Å². The molecule has 0 aliphatic carbocycles. The van der Waals surface area contributed by atoms with Crippen LogP contribution in [0.1, 0.15) is 141 Å². The normalized spacial score (nSPS) is 10.8.